The second kappa shape index (κ2) is 5.27. The van der Waals surface area contributed by atoms with Gasteiger partial charge in [-0.2, -0.15) is 11.8 Å². The minimum absolute atomic E-state index is 0.261. The summed E-state index contributed by atoms with van der Waals surface area (Å²) >= 11 is 1.58. The van der Waals surface area contributed by atoms with Gasteiger partial charge in [0.2, 0.25) is 0 Å². The fourth-order valence-electron chi connectivity index (χ4n) is 2.61. The van der Waals surface area contributed by atoms with Crippen molar-refractivity contribution in [2.24, 2.45) is 11.8 Å². The number of hydrogen-bond donors (Lipinski definition) is 1. The van der Waals surface area contributed by atoms with Crippen molar-refractivity contribution in [3.05, 3.63) is 0 Å². The minimum Gasteiger partial charge on any atom is -0.481 e. The Bertz CT molecular complexity index is 319. The SMILES string of the molecule is CSCCOC(=O)C1C2CCC(O2)C1C(=O)O. The van der Waals surface area contributed by atoms with Crippen molar-refractivity contribution >= 4 is 23.7 Å². The number of carbonyl (C=O) groups excluding carboxylic acids is 1. The standard InChI is InChI=1S/C11H16O5S/c1-17-5-4-15-11(14)9-7-3-2-6(16-7)8(9)10(12)13/h6-9H,2-5H2,1H3,(H,12,13). The zero-order valence-electron chi connectivity index (χ0n) is 9.63. The number of carboxylic acid groups (broad SMARTS) is 1. The lowest BCUT2D eigenvalue weighted by Gasteiger charge is -2.22. The van der Waals surface area contributed by atoms with Crippen LogP contribution >= 0.6 is 11.8 Å². The summed E-state index contributed by atoms with van der Waals surface area (Å²) in [6.07, 6.45) is 2.85. The molecule has 4 unspecified atom stereocenters. The molecule has 0 spiro atoms. The monoisotopic (exact) mass is 260 g/mol. The fourth-order valence-corrected chi connectivity index (χ4v) is 2.86. The maximum Gasteiger partial charge on any atom is 0.312 e. The molecule has 0 aliphatic carbocycles. The van der Waals surface area contributed by atoms with Crippen LogP contribution in [0.2, 0.25) is 0 Å². The summed E-state index contributed by atoms with van der Waals surface area (Å²) in [5.74, 6) is -1.99. The molecule has 6 heteroatoms. The molecule has 2 rings (SSSR count). The Hall–Kier alpha value is -0.750. The molecule has 0 aromatic heterocycles. The highest BCUT2D eigenvalue weighted by Gasteiger charge is 2.56. The largest absolute Gasteiger partial charge is 0.481 e. The number of esters is 1. The third-order valence-corrected chi connectivity index (χ3v) is 3.94. The molecule has 2 fully saturated rings. The molecule has 0 radical (unpaired) electrons. The Morgan fingerprint density at radius 3 is 2.59 bits per heavy atom. The van der Waals surface area contributed by atoms with E-state index in [-0.39, 0.29) is 12.2 Å². The topological polar surface area (TPSA) is 72.8 Å². The lowest BCUT2D eigenvalue weighted by molar-refractivity contribution is -0.157. The first-order valence-electron chi connectivity index (χ1n) is 5.69. The van der Waals surface area contributed by atoms with Gasteiger partial charge in [0.15, 0.2) is 0 Å². The van der Waals surface area contributed by atoms with Crippen LogP contribution in [0.3, 0.4) is 0 Å². The molecule has 5 nitrogen and oxygen atoms in total. The lowest BCUT2D eigenvalue weighted by Crippen LogP contribution is -2.39. The van der Waals surface area contributed by atoms with Crippen molar-refractivity contribution < 1.29 is 24.2 Å². The van der Waals surface area contributed by atoms with Crippen LogP contribution in [0.1, 0.15) is 12.8 Å². The van der Waals surface area contributed by atoms with E-state index in [0.717, 1.165) is 18.6 Å². The quantitative estimate of drug-likeness (QED) is 0.581. The molecular weight excluding hydrogens is 244 g/mol. The number of hydrogen-bond acceptors (Lipinski definition) is 5. The lowest BCUT2D eigenvalue weighted by atomic mass is 9.79. The van der Waals surface area contributed by atoms with E-state index >= 15 is 0 Å². The van der Waals surface area contributed by atoms with E-state index in [2.05, 4.69) is 0 Å². The van der Waals surface area contributed by atoms with Crippen LogP contribution in [0.4, 0.5) is 0 Å². The predicted octanol–water partition coefficient (Wildman–Crippen LogP) is 0.771. The zero-order valence-corrected chi connectivity index (χ0v) is 10.4. The second-order valence-corrected chi connectivity index (χ2v) is 5.33. The summed E-state index contributed by atoms with van der Waals surface area (Å²) in [6, 6.07) is 0. The highest BCUT2D eigenvalue weighted by Crippen LogP contribution is 2.44. The average Bonchev–Trinajstić information content (AvgIpc) is 2.88. The van der Waals surface area contributed by atoms with Gasteiger partial charge in [-0.1, -0.05) is 0 Å². The van der Waals surface area contributed by atoms with Gasteiger partial charge in [0.05, 0.1) is 24.0 Å². The normalized spacial score (nSPS) is 34.9. The van der Waals surface area contributed by atoms with Crippen molar-refractivity contribution in [1.29, 1.82) is 0 Å². The first-order chi connectivity index (χ1) is 8.15. The van der Waals surface area contributed by atoms with Gasteiger partial charge in [-0.15, -0.1) is 0 Å². The zero-order chi connectivity index (χ0) is 12.4. The van der Waals surface area contributed by atoms with Gasteiger partial charge in [0, 0.05) is 5.75 Å². The molecule has 2 saturated heterocycles. The number of rotatable bonds is 5. The Morgan fingerprint density at radius 1 is 1.35 bits per heavy atom. The van der Waals surface area contributed by atoms with E-state index in [9.17, 15) is 9.59 Å². The fraction of sp³-hybridized carbons (Fsp3) is 0.818. The van der Waals surface area contributed by atoms with Crippen molar-refractivity contribution in [3.63, 3.8) is 0 Å². The van der Waals surface area contributed by atoms with Gasteiger partial charge in [-0.25, -0.2) is 0 Å². The Morgan fingerprint density at radius 2 is 2.00 bits per heavy atom. The highest BCUT2D eigenvalue weighted by atomic mass is 32.2. The van der Waals surface area contributed by atoms with Gasteiger partial charge in [0.1, 0.15) is 6.61 Å². The Kier molecular flexibility index (Phi) is 3.93. The molecule has 2 bridgehead atoms. The van der Waals surface area contributed by atoms with Gasteiger partial charge < -0.3 is 14.6 Å². The van der Waals surface area contributed by atoms with Crippen molar-refractivity contribution in [3.8, 4) is 0 Å². The van der Waals surface area contributed by atoms with Crippen molar-refractivity contribution in [1.82, 2.24) is 0 Å². The van der Waals surface area contributed by atoms with Gasteiger partial charge in [0.25, 0.3) is 0 Å². The van der Waals surface area contributed by atoms with Gasteiger partial charge >= 0.3 is 11.9 Å². The van der Waals surface area contributed by atoms with Gasteiger partial charge in [-0.3, -0.25) is 9.59 Å². The maximum absolute atomic E-state index is 11.9. The number of thioether (sulfide) groups is 1. The number of ether oxygens (including phenoxy) is 2. The number of carboxylic acids is 1. The number of fused-ring (bicyclic) bond motifs is 2. The molecule has 4 atom stereocenters. The molecule has 0 aromatic carbocycles. The van der Waals surface area contributed by atoms with E-state index in [1.807, 2.05) is 6.26 Å². The molecule has 2 aliphatic heterocycles. The molecule has 2 heterocycles. The first kappa shape index (κ1) is 12.7. The predicted molar refractivity (Wildman–Crippen MR) is 61.9 cm³/mol. The van der Waals surface area contributed by atoms with Crippen LogP contribution in [0, 0.1) is 11.8 Å². The van der Waals surface area contributed by atoms with E-state index in [1.165, 1.54) is 0 Å². The van der Waals surface area contributed by atoms with Crippen molar-refractivity contribution in [2.75, 3.05) is 18.6 Å². The maximum atomic E-state index is 11.9. The molecule has 1 N–H and O–H groups in total. The smallest absolute Gasteiger partial charge is 0.312 e. The molecule has 96 valence electrons. The summed E-state index contributed by atoms with van der Waals surface area (Å²) in [7, 11) is 0. The van der Waals surface area contributed by atoms with Crippen LogP contribution < -0.4 is 0 Å². The molecule has 17 heavy (non-hydrogen) atoms. The third kappa shape index (κ3) is 2.42. The van der Waals surface area contributed by atoms with Crippen LogP contribution in [-0.2, 0) is 19.1 Å². The van der Waals surface area contributed by atoms with Crippen LogP contribution in [0.15, 0.2) is 0 Å². The van der Waals surface area contributed by atoms with Crippen LogP contribution in [-0.4, -0.2) is 47.9 Å². The van der Waals surface area contributed by atoms with E-state index in [1.54, 1.807) is 11.8 Å². The summed E-state index contributed by atoms with van der Waals surface area (Å²) in [6.45, 7) is 0.334. The Balaban J connectivity index is 1.98. The van der Waals surface area contributed by atoms with Crippen molar-refractivity contribution in [2.45, 2.75) is 25.0 Å². The molecule has 0 aromatic rings. The van der Waals surface area contributed by atoms with E-state index < -0.39 is 23.8 Å². The first-order valence-corrected chi connectivity index (χ1v) is 7.08. The molecule has 0 amide bonds. The number of carbonyl (C=O) groups is 2. The number of aliphatic carboxylic acids is 1. The van der Waals surface area contributed by atoms with Gasteiger partial charge in [-0.05, 0) is 19.1 Å². The van der Waals surface area contributed by atoms with E-state index in [0.29, 0.717) is 6.61 Å². The average molecular weight is 260 g/mol. The van der Waals surface area contributed by atoms with E-state index in [4.69, 9.17) is 14.6 Å². The summed E-state index contributed by atoms with van der Waals surface area (Å²) in [5, 5.41) is 9.13. The molecule has 0 saturated carbocycles. The van der Waals surface area contributed by atoms with Crippen LogP contribution in [0.25, 0.3) is 0 Å². The molecular formula is C11H16O5S. The van der Waals surface area contributed by atoms with Crippen LogP contribution in [0.5, 0.6) is 0 Å². The third-order valence-electron chi connectivity index (χ3n) is 3.36. The summed E-state index contributed by atoms with van der Waals surface area (Å²) in [4.78, 5) is 23.0. The molecule has 2 aliphatic rings. The minimum atomic E-state index is -0.955. The summed E-state index contributed by atoms with van der Waals surface area (Å²) < 4.78 is 10.6. The second-order valence-electron chi connectivity index (χ2n) is 4.34. The Labute approximate surface area is 104 Å². The highest BCUT2D eigenvalue weighted by molar-refractivity contribution is 7.98. The summed E-state index contributed by atoms with van der Waals surface area (Å²) in [5.41, 5.74) is 0.